The Labute approximate surface area is 132 Å². The Kier molecular flexibility index (Phi) is 5.03. The number of hydrogen-bond acceptors (Lipinski definition) is 5. The van der Waals surface area contributed by atoms with Crippen LogP contribution in [0.15, 0.2) is 42.5 Å². The van der Waals surface area contributed by atoms with Gasteiger partial charge in [-0.2, -0.15) is 0 Å². The fourth-order valence-corrected chi connectivity index (χ4v) is 1.81. The van der Waals surface area contributed by atoms with E-state index in [1.807, 2.05) is 0 Å². The molecule has 3 N–H and O–H groups in total. The highest BCUT2D eigenvalue weighted by Crippen LogP contribution is 2.29. The molecule has 0 heterocycles. The van der Waals surface area contributed by atoms with Crippen molar-refractivity contribution in [2.45, 2.75) is 0 Å². The first-order valence-corrected chi connectivity index (χ1v) is 6.67. The fraction of sp³-hybridized carbons (Fsp3) is 0.125. The number of carbonyl (C=O) groups excluding carboxylic acids is 2. The molecule has 0 saturated heterocycles. The molecule has 120 valence electrons. The summed E-state index contributed by atoms with van der Waals surface area (Å²) in [5, 5.41) is 14.1. The van der Waals surface area contributed by atoms with Gasteiger partial charge in [0, 0.05) is 11.8 Å². The van der Waals surface area contributed by atoms with Crippen molar-refractivity contribution in [1.29, 1.82) is 0 Å². The lowest BCUT2D eigenvalue weighted by Gasteiger charge is -2.11. The minimum Gasteiger partial charge on any atom is -0.508 e. The van der Waals surface area contributed by atoms with Crippen molar-refractivity contribution >= 4 is 23.2 Å². The molecule has 0 aliphatic carbocycles. The number of ether oxygens (including phenoxy) is 2. The standard InChI is InChI=1S/C16H16N2O5/c1-22-12-7-8-13(14(9-12)23-2)18-16(21)15(20)17-10-3-5-11(19)6-4-10/h3-9,19H,1-2H3,(H,17,20)(H,18,21). The smallest absolute Gasteiger partial charge is 0.314 e. The molecule has 0 radical (unpaired) electrons. The second-order valence-corrected chi connectivity index (χ2v) is 4.52. The fourth-order valence-electron chi connectivity index (χ4n) is 1.81. The van der Waals surface area contributed by atoms with Crippen LogP contribution in [-0.2, 0) is 9.59 Å². The van der Waals surface area contributed by atoms with Crippen LogP contribution in [-0.4, -0.2) is 31.1 Å². The number of benzene rings is 2. The zero-order chi connectivity index (χ0) is 16.8. The normalized spacial score (nSPS) is 9.83. The van der Waals surface area contributed by atoms with Crippen LogP contribution in [0.2, 0.25) is 0 Å². The Morgan fingerprint density at radius 2 is 1.57 bits per heavy atom. The lowest BCUT2D eigenvalue weighted by molar-refractivity contribution is -0.133. The highest BCUT2D eigenvalue weighted by atomic mass is 16.5. The van der Waals surface area contributed by atoms with Gasteiger partial charge < -0.3 is 25.2 Å². The van der Waals surface area contributed by atoms with E-state index in [9.17, 15) is 14.7 Å². The van der Waals surface area contributed by atoms with E-state index in [1.165, 1.54) is 38.5 Å². The molecular weight excluding hydrogens is 300 g/mol. The summed E-state index contributed by atoms with van der Waals surface area (Å²) in [5.74, 6) is -0.686. The van der Waals surface area contributed by atoms with E-state index in [2.05, 4.69) is 10.6 Å². The van der Waals surface area contributed by atoms with Crippen LogP contribution < -0.4 is 20.1 Å². The van der Waals surface area contributed by atoms with Crippen molar-refractivity contribution in [1.82, 2.24) is 0 Å². The summed E-state index contributed by atoms with van der Waals surface area (Å²) < 4.78 is 10.2. The van der Waals surface area contributed by atoms with Crippen molar-refractivity contribution in [2.24, 2.45) is 0 Å². The van der Waals surface area contributed by atoms with Crippen molar-refractivity contribution in [3.05, 3.63) is 42.5 Å². The maximum atomic E-state index is 11.9. The maximum absolute atomic E-state index is 11.9. The molecule has 0 aliphatic heterocycles. The highest BCUT2D eigenvalue weighted by molar-refractivity contribution is 6.43. The van der Waals surface area contributed by atoms with E-state index < -0.39 is 11.8 Å². The number of aromatic hydroxyl groups is 1. The van der Waals surface area contributed by atoms with Gasteiger partial charge in [-0.15, -0.1) is 0 Å². The van der Waals surface area contributed by atoms with E-state index in [0.29, 0.717) is 22.9 Å². The first-order chi connectivity index (χ1) is 11.0. The highest BCUT2D eigenvalue weighted by Gasteiger charge is 2.16. The SMILES string of the molecule is COc1ccc(NC(=O)C(=O)Nc2ccc(O)cc2)c(OC)c1. The first kappa shape index (κ1) is 16.2. The molecule has 0 unspecified atom stereocenters. The monoisotopic (exact) mass is 316 g/mol. The quantitative estimate of drug-likeness (QED) is 0.592. The van der Waals surface area contributed by atoms with E-state index in [0.717, 1.165) is 0 Å². The molecule has 2 aromatic carbocycles. The number of nitrogens with one attached hydrogen (secondary N) is 2. The second-order valence-electron chi connectivity index (χ2n) is 4.52. The van der Waals surface area contributed by atoms with Crippen LogP contribution in [0.25, 0.3) is 0 Å². The van der Waals surface area contributed by atoms with Crippen molar-refractivity contribution < 1.29 is 24.2 Å². The summed E-state index contributed by atoms with van der Waals surface area (Å²) >= 11 is 0. The number of rotatable bonds is 4. The predicted octanol–water partition coefficient (Wildman–Crippen LogP) is 1.99. The number of hydrogen-bond donors (Lipinski definition) is 3. The van der Waals surface area contributed by atoms with Crippen LogP contribution in [0, 0.1) is 0 Å². The molecule has 2 aromatic rings. The Morgan fingerprint density at radius 1 is 0.913 bits per heavy atom. The van der Waals surface area contributed by atoms with Crippen molar-refractivity contribution in [3.63, 3.8) is 0 Å². The summed E-state index contributed by atoms with van der Waals surface area (Å²) in [6.07, 6.45) is 0. The van der Waals surface area contributed by atoms with Gasteiger partial charge in [0.15, 0.2) is 0 Å². The third kappa shape index (κ3) is 4.13. The summed E-state index contributed by atoms with van der Waals surface area (Å²) in [6, 6.07) is 10.6. The summed E-state index contributed by atoms with van der Waals surface area (Å²) in [5.41, 5.74) is 0.740. The molecule has 0 fully saturated rings. The van der Waals surface area contributed by atoms with Crippen molar-refractivity contribution in [3.8, 4) is 17.2 Å². The van der Waals surface area contributed by atoms with Crippen LogP contribution in [0.1, 0.15) is 0 Å². The second kappa shape index (κ2) is 7.17. The number of phenols is 1. The summed E-state index contributed by atoms with van der Waals surface area (Å²) in [6.45, 7) is 0. The maximum Gasteiger partial charge on any atom is 0.314 e. The molecule has 7 heteroatoms. The van der Waals surface area contributed by atoms with Gasteiger partial charge in [-0.05, 0) is 36.4 Å². The molecule has 0 atom stereocenters. The van der Waals surface area contributed by atoms with E-state index in [4.69, 9.17) is 9.47 Å². The predicted molar refractivity (Wildman–Crippen MR) is 84.9 cm³/mol. The zero-order valence-electron chi connectivity index (χ0n) is 12.6. The largest absolute Gasteiger partial charge is 0.508 e. The third-order valence-electron chi connectivity index (χ3n) is 2.99. The zero-order valence-corrected chi connectivity index (χ0v) is 12.6. The molecule has 23 heavy (non-hydrogen) atoms. The Morgan fingerprint density at radius 3 is 2.17 bits per heavy atom. The molecule has 0 saturated carbocycles. The Balaban J connectivity index is 2.06. The molecule has 2 rings (SSSR count). The van der Waals surface area contributed by atoms with Gasteiger partial charge >= 0.3 is 11.8 Å². The Hall–Kier alpha value is -3.22. The Bertz CT molecular complexity index is 713. The molecule has 0 spiro atoms. The number of phenolic OH excluding ortho intramolecular Hbond substituents is 1. The summed E-state index contributed by atoms with van der Waals surface area (Å²) in [4.78, 5) is 23.8. The number of carbonyl (C=O) groups is 2. The molecule has 0 aliphatic rings. The molecule has 0 aromatic heterocycles. The topological polar surface area (TPSA) is 96.9 Å². The van der Waals surface area contributed by atoms with Gasteiger partial charge in [0.2, 0.25) is 0 Å². The van der Waals surface area contributed by atoms with E-state index >= 15 is 0 Å². The average molecular weight is 316 g/mol. The molecular formula is C16H16N2O5. The van der Waals surface area contributed by atoms with Gasteiger partial charge in [0.25, 0.3) is 0 Å². The van der Waals surface area contributed by atoms with Crippen LogP contribution in [0.5, 0.6) is 17.2 Å². The third-order valence-corrected chi connectivity index (χ3v) is 2.99. The van der Waals surface area contributed by atoms with Crippen LogP contribution in [0.3, 0.4) is 0 Å². The van der Waals surface area contributed by atoms with Gasteiger partial charge in [-0.1, -0.05) is 0 Å². The van der Waals surface area contributed by atoms with Crippen LogP contribution >= 0.6 is 0 Å². The number of amides is 2. The average Bonchev–Trinajstić information content (AvgIpc) is 2.57. The molecule has 2 amide bonds. The van der Waals surface area contributed by atoms with Crippen molar-refractivity contribution in [2.75, 3.05) is 24.9 Å². The van der Waals surface area contributed by atoms with Crippen LogP contribution in [0.4, 0.5) is 11.4 Å². The number of anilines is 2. The van der Waals surface area contributed by atoms with E-state index in [1.54, 1.807) is 18.2 Å². The van der Waals surface area contributed by atoms with Gasteiger partial charge in [-0.3, -0.25) is 9.59 Å². The lowest BCUT2D eigenvalue weighted by atomic mass is 10.2. The minimum atomic E-state index is -0.846. The first-order valence-electron chi connectivity index (χ1n) is 6.67. The summed E-state index contributed by atoms with van der Waals surface area (Å²) in [7, 11) is 2.96. The molecule has 0 bridgehead atoms. The van der Waals surface area contributed by atoms with Gasteiger partial charge in [0.1, 0.15) is 17.2 Å². The lowest BCUT2D eigenvalue weighted by Crippen LogP contribution is -2.29. The number of methoxy groups -OCH3 is 2. The van der Waals surface area contributed by atoms with Gasteiger partial charge in [-0.25, -0.2) is 0 Å². The molecule has 7 nitrogen and oxygen atoms in total. The van der Waals surface area contributed by atoms with E-state index in [-0.39, 0.29) is 5.75 Å². The van der Waals surface area contributed by atoms with Gasteiger partial charge in [0.05, 0.1) is 19.9 Å². The minimum absolute atomic E-state index is 0.0652.